The summed E-state index contributed by atoms with van der Waals surface area (Å²) in [5.74, 6) is 0.502. The van der Waals surface area contributed by atoms with Gasteiger partial charge in [-0.3, -0.25) is 10.6 Å². The van der Waals surface area contributed by atoms with Gasteiger partial charge < -0.3 is 9.47 Å². The number of methoxy groups -OCH3 is 1. The van der Waals surface area contributed by atoms with Crippen molar-refractivity contribution < 1.29 is 14.3 Å². The number of hydrogen-bond acceptors (Lipinski definition) is 5. The minimum absolute atomic E-state index is 0.0883. The molecule has 0 radical (unpaired) electrons. The van der Waals surface area contributed by atoms with Crippen molar-refractivity contribution in [3.8, 4) is 11.5 Å². The maximum atomic E-state index is 12.1. The molecule has 5 nitrogen and oxygen atoms in total. The fourth-order valence-electron chi connectivity index (χ4n) is 2.71. The molecule has 1 aliphatic rings. The molecule has 2 aromatic carbocycles. The van der Waals surface area contributed by atoms with Crippen molar-refractivity contribution in [2.75, 3.05) is 20.2 Å². The van der Waals surface area contributed by atoms with Crippen molar-refractivity contribution in [3.05, 3.63) is 65.7 Å². The van der Waals surface area contributed by atoms with Gasteiger partial charge in [-0.1, -0.05) is 36.4 Å². The van der Waals surface area contributed by atoms with E-state index >= 15 is 0 Å². The van der Waals surface area contributed by atoms with Crippen molar-refractivity contribution in [2.45, 2.75) is 12.6 Å². The Kier molecular flexibility index (Phi) is 5.82. The molecule has 25 heavy (non-hydrogen) atoms. The molecule has 1 saturated heterocycles. The topological polar surface area (TPSA) is 59.6 Å². The summed E-state index contributed by atoms with van der Waals surface area (Å²) in [5, 5.41) is 6.80. The molecule has 0 bridgehead atoms. The lowest BCUT2D eigenvalue weighted by molar-refractivity contribution is -0.129. The highest BCUT2D eigenvalue weighted by atomic mass is 16.6. The second-order valence-electron chi connectivity index (χ2n) is 5.77. The summed E-state index contributed by atoms with van der Waals surface area (Å²) in [5.41, 5.74) is 1.99. The second-order valence-corrected chi connectivity index (χ2v) is 5.77. The molecule has 1 aliphatic heterocycles. The van der Waals surface area contributed by atoms with Gasteiger partial charge in [0.1, 0.15) is 0 Å². The van der Waals surface area contributed by atoms with Gasteiger partial charge in [0.05, 0.1) is 13.3 Å². The van der Waals surface area contributed by atoms with Crippen LogP contribution in [0.3, 0.4) is 0 Å². The number of hydrogen-bond donors (Lipinski definition) is 2. The first kappa shape index (κ1) is 17.2. The van der Waals surface area contributed by atoms with Crippen LogP contribution in [0.15, 0.2) is 54.6 Å². The van der Waals surface area contributed by atoms with Crippen LogP contribution in [-0.4, -0.2) is 26.2 Å². The lowest BCUT2D eigenvalue weighted by atomic mass is 10.1. The Morgan fingerprint density at radius 3 is 2.56 bits per heavy atom. The van der Waals surface area contributed by atoms with E-state index in [0.717, 1.165) is 30.6 Å². The monoisotopic (exact) mass is 338 g/mol. The minimum Gasteiger partial charge on any atom is -0.493 e. The lowest BCUT2D eigenvalue weighted by Gasteiger charge is -2.26. The summed E-state index contributed by atoms with van der Waals surface area (Å²) in [7, 11) is 1.57. The third-order valence-corrected chi connectivity index (χ3v) is 3.99. The van der Waals surface area contributed by atoms with Crippen LogP contribution < -0.4 is 20.1 Å². The number of nitrogens with one attached hydrogen (secondary N) is 2. The molecule has 2 N–H and O–H groups in total. The molecule has 0 aromatic heterocycles. The SMILES string of the molecule is COc1cc(C2NCCCN2)ccc1OC(=O)/C=C/c1ccccc1. The van der Waals surface area contributed by atoms with Gasteiger partial charge in [-0.2, -0.15) is 0 Å². The third-order valence-electron chi connectivity index (χ3n) is 3.99. The zero-order chi connectivity index (χ0) is 17.5. The van der Waals surface area contributed by atoms with Gasteiger partial charge in [0.25, 0.3) is 0 Å². The van der Waals surface area contributed by atoms with Crippen LogP contribution >= 0.6 is 0 Å². The predicted molar refractivity (Wildman–Crippen MR) is 97.5 cm³/mol. The normalized spacial score (nSPS) is 15.2. The van der Waals surface area contributed by atoms with E-state index in [1.54, 1.807) is 19.3 Å². The maximum Gasteiger partial charge on any atom is 0.336 e. The van der Waals surface area contributed by atoms with Crippen LogP contribution in [0.2, 0.25) is 0 Å². The molecular weight excluding hydrogens is 316 g/mol. The third kappa shape index (κ3) is 4.68. The molecule has 2 aromatic rings. The quantitative estimate of drug-likeness (QED) is 0.499. The molecule has 0 atom stereocenters. The number of carbonyl (C=O) groups is 1. The molecule has 0 saturated carbocycles. The number of benzene rings is 2. The van der Waals surface area contributed by atoms with E-state index < -0.39 is 5.97 Å². The largest absolute Gasteiger partial charge is 0.493 e. The Hall–Kier alpha value is -2.63. The summed E-state index contributed by atoms with van der Waals surface area (Å²) in [6.07, 6.45) is 4.33. The van der Waals surface area contributed by atoms with Crippen LogP contribution in [0.5, 0.6) is 11.5 Å². The molecule has 5 heteroatoms. The molecule has 0 amide bonds. The first-order valence-corrected chi connectivity index (χ1v) is 8.36. The van der Waals surface area contributed by atoms with Gasteiger partial charge in [0, 0.05) is 6.08 Å². The van der Waals surface area contributed by atoms with Gasteiger partial charge in [0.2, 0.25) is 0 Å². The molecular formula is C20H22N2O3. The summed E-state index contributed by atoms with van der Waals surface area (Å²) < 4.78 is 10.8. The molecule has 130 valence electrons. The highest BCUT2D eigenvalue weighted by molar-refractivity contribution is 5.89. The zero-order valence-electron chi connectivity index (χ0n) is 14.2. The van der Waals surface area contributed by atoms with E-state index in [-0.39, 0.29) is 6.17 Å². The van der Waals surface area contributed by atoms with E-state index in [0.29, 0.717) is 11.5 Å². The van der Waals surface area contributed by atoms with Gasteiger partial charge in [-0.05, 0) is 48.8 Å². The Balaban J connectivity index is 1.69. The number of rotatable bonds is 5. The average molecular weight is 338 g/mol. The predicted octanol–water partition coefficient (Wildman–Crippen LogP) is 2.90. The van der Waals surface area contributed by atoms with Crippen LogP contribution in [0.1, 0.15) is 23.7 Å². The van der Waals surface area contributed by atoms with E-state index in [1.807, 2.05) is 42.5 Å². The fourth-order valence-corrected chi connectivity index (χ4v) is 2.71. The molecule has 0 unspecified atom stereocenters. The number of ether oxygens (including phenoxy) is 2. The summed E-state index contributed by atoms with van der Waals surface area (Å²) in [4.78, 5) is 12.1. The van der Waals surface area contributed by atoms with Gasteiger partial charge in [-0.15, -0.1) is 0 Å². The lowest BCUT2D eigenvalue weighted by Crippen LogP contribution is -2.41. The zero-order valence-corrected chi connectivity index (χ0v) is 14.2. The highest BCUT2D eigenvalue weighted by Crippen LogP contribution is 2.30. The Labute approximate surface area is 147 Å². The van der Waals surface area contributed by atoms with Crippen LogP contribution in [0, 0.1) is 0 Å². The maximum absolute atomic E-state index is 12.1. The second kappa shape index (κ2) is 8.46. The standard InChI is InChI=1S/C20H22N2O3/c1-24-18-14-16(20-21-12-5-13-22-20)9-10-17(18)25-19(23)11-8-15-6-3-2-4-7-15/h2-4,6-11,14,20-22H,5,12-13H2,1H3/b11-8+. The Morgan fingerprint density at radius 2 is 1.84 bits per heavy atom. The minimum atomic E-state index is -0.441. The van der Waals surface area contributed by atoms with Crippen molar-refractivity contribution in [2.24, 2.45) is 0 Å². The summed E-state index contributed by atoms with van der Waals surface area (Å²) >= 11 is 0. The molecule has 3 rings (SSSR count). The molecule has 1 heterocycles. The number of carbonyl (C=O) groups excluding carboxylic acids is 1. The van der Waals surface area contributed by atoms with Gasteiger partial charge in [0.15, 0.2) is 11.5 Å². The Bertz CT molecular complexity index is 738. The summed E-state index contributed by atoms with van der Waals surface area (Å²) in [6, 6.07) is 15.2. The van der Waals surface area contributed by atoms with E-state index in [4.69, 9.17) is 9.47 Å². The molecule has 0 spiro atoms. The van der Waals surface area contributed by atoms with E-state index in [1.165, 1.54) is 6.08 Å². The smallest absolute Gasteiger partial charge is 0.336 e. The van der Waals surface area contributed by atoms with Crippen molar-refractivity contribution in [1.82, 2.24) is 10.6 Å². The Morgan fingerprint density at radius 1 is 1.08 bits per heavy atom. The van der Waals surface area contributed by atoms with Crippen molar-refractivity contribution >= 4 is 12.0 Å². The number of esters is 1. The van der Waals surface area contributed by atoms with Crippen molar-refractivity contribution in [3.63, 3.8) is 0 Å². The van der Waals surface area contributed by atoms with E-state index in [9.17, 15) is 4.79 Å². The first-order chi connectivity index (χ1) is 12.3. The van der Waals surface area contributed by atoms with Crippen LogP contribution in [-0.2, 0) is 4.79 Å². The fraction of sp³-hybridized carbons (Fsp3) is 0.250. The highest BCUT2D eigenvalue weighted by Gasteiger charge is 2.16. The van der Waals surface area contributed by atoms with Crippen molar-refractivity contribution in [1.29, 1.82) is 0 Å². The first-order valence-electron chi connectivity index (χ1n) is 8.36. The average Bonchev–Trinajstić information content (AvgIpc) is 2.68. The molecule has 0 aliphatic carbocycles. The molecule has 1 fully saturated rings. The van der Waals surface area contributed by atoms with Gasteiger partial charge in [-0.25, -0.2) is 4.79 Å². The van der Waals surface area contributed by atoms with Gasteiger partial charge >= 0.3 is 5.97 Å². The van der Waals surface area contributed by atoms with Crippen LogP contribution in [0.4, 0.5) is 0 Å². The van der Waals surface area contributed by atoms with E-state index in [2.05, 4.69) is 10.6 Å². The summed E-state index contributed by atoms with van der Waals surface area (Å²) in [6.45, 7) is 1.95. The van der Waals surface area contributed by atoms with Crippen LogP contribution in [0.25, 0.3) is 6.08 Å².